The number of rotatable bonds is 4. The average molecular weight is 451 g/mol. The quantitative estimate of drug-likeness (QED) is 0.424. The van der Waals surface area contributed by atoms with Crippen LogP contribution >= 0.6 is 0 Å². The number of carbonyl (C=O) groups is 1. The summed E-state index contributed by atoms with van der Waals surface area (Å²) < 4.78 is 42.1. The summed E-state index contributed by atoms with van der Waals surface area (Å²) >= 11 is 0. The van der Waals surface area contributed by atoms with Gasteiger partial charge in [0.1, 0.15) is 6.54 Å². The van der Waals surface area contributed by atoms with E-state index in [0.717, 1.165) is 12.3 Å². The Morgan fingerprint density at radius 2 is 1.55 bits per heavy atom. The maximum Gasteiger partial charge on any atom is 0.417 e. The Morgan fingerprint density at radius 1 is 0.909 bits per heavy atom. The molecule has 7 nitrogen and oxygen atoms in total. The van der Waals surface area contributed by atoms with Gasteiger partial charge >= 0.3 is 6.18 Å². The van der Waals surface area contributed by atoms with E-state index >= 15 is 0 Å². The SMILES string of the molecule is O=C(Cn1c2ccccc2c(=O)c2ccccc21)NCc1nnc2ccc(C(F)(F)F)cn12. The third kappa shape index (κ3) is 3.69. The minimum absolute atomic E-state index is 0.0914. The highest BCUT2D eigenvalue weighted by molar-refractivity contribution is 5.94. The zero-order valence-electron chi connectivity index (χ0n) is 17.0. The molecule has 0 unspecified atom stereocenters. The predicted octanol–water partition coefficient (Wildman–Crippen LogP) is 3.53. The number of amides is 1. The molecule has 0 spiro atoms. The summed E-state index contributed by atoms with van der Waals surface area (Å²) in [5.41, 5.74) is 0.504. The number of hydrogen-bond acceptors (Lipinski definition) is 4. The Morgan fingerprint density at radius 3 is 2.18 bits per heavy atom. The number of hydrogen-bond donors (Lipinski definition) is 1. The fourth-order valence-corrected chi connectivity index (χ4v) is 3.85. The van der Waals surface area contributed by atoms with Crippen molar-refractivity contribution in [1.82, 2.24) is 24.5 Å². The first-order chi connectivity index (χ1) is 15.8. The summed E-state index contributed by atoms with van der Waals surface area (Å²) in [6.07, 6.45) is -3.61. The fraction of sp³-hybridized carbons (Fsp3) is 0.130. The van der Waals surface area contributed by atoms with E-state index in [1.807, 2.05) is 0 Å². The van der Waals surface area contributed by atoms with Gasteiger partial charge in [0.2, 0.25) is 5.91 Å². The number of pyridine rings is 2. The van der Waals surface area contributed by atoms with E-state index in [1.54, 1.807) is 53.1 Å². The molecule has 3 aromatic heterocycles. The Balaban J connectivity index is 1.45. The van der Waals surface area contributed by atoms with Gasteiger partial charge in [-0.1, -0.05) is 24.3 Å². The number of benzene rings is 2. The maximum atomic E-state index is 13.0. The van der Waals surface area contributed by atoms with Crippen LogP contribution in [0.4, 0.5) is 13.2 Å². The van der Waals surface area contributed by atoms with Crippen molar-refractivity contribution in [2.45, 2.75) is 19.3 Å². The topological polar surface area (TPSA) is 81.3 Å². The lowest BCUT2D eigenvalue weighted by atomic mass is 10.1. The summed E-state index contributed by atoms with van der Waals surface area (Å²) in [5.74, 6) is -0.225. The molecule has 0 radical (unpaired) electrons. The molecule has 10 heteroatoms. The molecule has 1 N–H and O–H groups in total. The van der Waals surface area contributed by atoms with Crippen LogP contribution in [0.3, 0.4) is 0 Å². The first-order valence-electron chi connectivity index (χ1n) is 10.0. The van der Waals surface area contributed by atoms with Crippen LogP contribution in [0.25, 0.3) is 27.5 Å². The average Bonchev–Trinajstić information content (AvgIpc) is 3.22. The Hall–Kier alpha value is -4.21. The first kappa shape index (κ1) is 20.7. The largest absolute Gasteiger partial charge is 0.417 e. The van der Waals surface area contributed by atoms with Crippen molar-refractivity contribution >= 4 is 33.4 Å². The minimum Gasteiger partial charge on any atom is -0.347 e. The molecule has 5 rings (SSSR count). The van der Waals surface area contributed by atoms with Crippen molar-refractivity contribution in [2.24, 2.45) is 0 Å². The number of halogens is 3. The molecular formula is C23H16F3N5O2. The molecule has 33 heavy (non-hydrogen) atoms. The molecular weight excluding hydrogens is 435 g/mol. The van der Waals surface area contributed by atoms with Gasteiger partial charge in [-0.05, 0) is 36.4 Å². The Labute approximate surface area is 184 Å². The van der Waals surface area contributed by atoms with Crippen molar-refractivity contribution in [3.63, 3.8) is 0 Å². The van der Waals surface area contributed by atoms with Gasteiger partial charge in [-0.2, -0.15) is 13.2 Å². The zero-order chi connectivity index (χ0) is 23.2. The summed E-state index contributed by atoms with van der Waals surface area (Å²) in [7, 11) is 0. The molecule has 0 saturated heterocycles. The van der Waals surface area contributed by atoms with Crippen molar-refractivity contribution in [2.75, 3.05) is 0 Å². The third-order valence-corrected chi connectivity index (χ3v) is 5.42. The number of aromatic nitrogens is 4. The molecule has 166 valence electrons. The highest BCUT2D eigenvalue weighted by Gasteiger charge is 2.31. The summed E-state index contributed by atoms with van der Waals surface area (Å²) in [5, 5.41) is 11.4. The number of nitrogens with one attached hydrogen (secondary N) is 1. The second-order valence-electron chi connectivity index (χ2n) is 7.49. The van der Waals surface area contributed by atoms with Crippen LogP contribution in [0.15, 0.2) is 71.7 Å². The van der Waals surface area contributed by atoms with E-state index in [-0.39, 0.29) is 30.0 Å². The van der Waals surface area contributed by atoms with E-state index < -0.39 is 17.6 Å². The second-order valence-corrected chi connectivity index (χ2v) is 7.49. The number of alkyl halides is 3. The molecule has 0 saturated carbocycles. The van der Waals surface area contributed by atoms with Gasteiger partial charge in [0, 0.05) is 17.0 Å². The highest BCUT2D eigenvalue weighted by Crippen LogP contribution is 2.29. The minimum atomic E-state index is -4.51. The normalized spacial score (nSPS) is 12.0. The van der Waals surface area contributed by atoms with Gasteiger partial charge in [-0.15, -0.1) is 10.2 Å². The Kier molecular flexibility index (Phi) is 4.85. The molecule has 1 amide bonds. The lowest BCUT2D eigenvalue weighted by Crippen LogP contribution is -2.29. The molecule has 0 bridgehead atoms. The van der Waals surface area contributed by atoms with Crippen molar-refractivity contribution in [3.8, 4) is 0 Å². The van der Waals surface area contributed by atoms with Crippen LogP contribution in [0.5, 0.6) is 0 Å². The van der Waals surface area contributed by atoms with Gasteiger partial charge in [-0.25, -0.2) is 0 Å². The zero-order valence-corrected chi connectivity index (χ0v) is 17.0. The lowest BCUT2D eigenvalue weighted by molar-refractivity contribution is -0.137. The van der Waals surface area contributed by atoms with Crippen LogP contribution in [0.2, 0.25) is 0 Å². The maximum absolute atomic E-state index is 13.0. The second kappa shape index (κ2) is 7.73. The van der Waals surface area contributed by atoms with E-state index in [9.17, 15) is 22.8 Å². The van der Waals surface area contributed by atoms with E-state index in [2.05, 4.69) is 15.5 Å². The van der Waals surface area contributed by atoms with Crippen LogP contribution < -0.4 is 10.7 Å². The number of nitrogens with zero attached hydrogens (tertiary/aromatic N) is 4. The molecule has 0 fully saturated rings. The van der Waals surface area contributed by atoms with Gasteiger partial charge in [-0.3, -0.25) is 14.0 Å². The third-order valence-electron chi connectivity index (χ3n) is 5.42. The molecule has 3 heterocycles. The fourth-order valence-electron chi connectivity index (χ4n) is 3.85. The highest BCUT2D eigenvalue weighted by atomic mass is 19.4. The van der Waals surface area contributed by atoms with E-state index in [4.69, 9.17) is 0 Å². The van der Waals surface area contributed by atoms with Crippen LogP contribution in [0.1, 0.15) is 11.4 Å². The molecule has 0 aliphatic rings. The van der Waals surface area contributed by atoms with Crippen LogP contribution in [0, 0.1) is 0 Å². The van der Waals surface area contributed by atoms with E-state index in [1.165, 1.54) is 10.5 Å². The Bertz CT molecular complexity index is 1530. The lowest BCUT2D eigenvalue weighted by Gasteiger charge is -2.15. The molecule has 0 aliphatic heterocycles. The molecule has 0 aliphatic carbocycles. The van der Waals surface area contributed by atoms with Gasteiger partial charge in [0.15, 0.2) is 16.9 Å². The van der Waals surface area contributed by atoms with Crippen LogP contribution in [-0.4, -0.2) is 25.1 Å². The monoisotopic (exact) mass is 451 g/mol. The number of para-hydroxylation sites is 2. The number of carbonyl (C=O) groups excluding carboxylic acids is 1. The number of fused-ring (bicyclic) bond motifs is 3. The smallest absolute Gasteiger partial charge is 0.347 e. The molecule has 2 aromatic carbocycles. The van der Waals surface area contributed by atoms with Crippen molar-refractivity contribution < 1.29 is 18.0 Å². The van der Waals surface area contributed by atoms with E-state index in [0.29, 0.717) is 21.8 Å². The van der Waals surface area contributed by atoms with Gasteiger partial charge < -0.3 is 9.88 Å². The summed E-state index contributed by atoms with van der Waals surface area (Å²) in [6, 6.07) is 16.2. The predicted molar refractivity (Wildman–Crippen MR) is 116 cm³/mol. The van der Waals surface area contributed by atoms with Gasteiger partial charge in [0.05, 0.1) is 23.1 Å². The van der Waals surface area contributed by atoms with Gasteiger partial charge in [0.25, 0.3) is 0 Å². The first-order valence-corrected chi connectivity index (χ1v) is 10.0. The van der Waals surface area contributed by atoms with Crippen LogP contribution in [-0.2, 0) is 24.1 Å². The summed E-state index contributed by atoms with van der Waals surface area (Å²) in [4.78, 5) is 25.6. The molecule has 5 aromatic rings. The molecule has 0 atom stereocenters. The van der Waals surface area contributed by atoms with Crippen molar-refractivity contribution in [3.05, 3.63) is 88.5 Å². The standard InChI is InChI=1S/C23H16F3N5O2/c24-23(25,26)14-9-10-19-28-29-20(31(19)12-14)11-27-21(32)13-30-17-7-3-1-5-15(17)22(33)16-6-2-4-8-18(16)30/h1-10,12H,11,13H2,(H,27,32). The van der Waals surface area contributed by atoms with Crippen molar-refractivity contribution in [1.29, 1.82) is 0 Å². The summed E-state index contributed by atoms with van der Waals surface area (Å²) in [6.45, 7) is -0.205.